The number of Topliss-reactive ketones (excluding diaryl/α,β-unsaturated/α-hetero) is 1. The number of anilines is 1. The monoisotopic (exact) mass is 399 g/mol. The maximum absolute atomic E-state index is 13.3. The van der Waals surface area contributed by atoms with Gasteiger partial charge in [0.25, 0.3) is 0 Å². The molecule has 0 saturated carbocycles. The summed E-state index contributed by atoms with van der Waals surface area (Å²) < 4.78 is 6.51. The van der Waals surface area contributed by atoms with Gasteiger partial charge in [-0.3, -0.25) is 4.79 Å². The van der Waals surface area contributed by atoms with Gasteiger partial charge >= 0.3 is 12.0 Å². The van der Waals surface area contributed by atoms with E-state index < -0.39 is 12.0 Å². The summed E-state index contributed by atoms with van der Waals surface area (Å²) in [5.41, 5.74) is 2.69. The highest BCUT2D eigenvalue weighted by Gasteiger charge is 2.32. The molecule has 1 heterocycles. The van der Waals surface area contributed by atoms with Crippen molar-refractivity contribution < 1.29 is 19.1 Å². The van der Waals surface area contributed by atoms with E-state index in [4.69, 9.17) is 4.74 Å². The number of carbonyl (C=O) groups excluding carboxylic acids is 3. The fourth-order valence-electron chi connectivity index (χ4n) is 3.51. The average molecular weight is 399 g/mol. The number of ketones is 1. The lowest BCUT2D eigenvalue weighted by Crippen LogP contribution is -2.46. The third-order valence-corrected chi connectivity index (χ3v) is 5.15. The van der Waals surface area contributed by atoms with E-state index in [1.807, 2.05) is 25.1 Å². The molecule has 0 saturated heterocycles. The van der Waals surface area contributed by atoms with Crippen molar-refractivity contribution >= 4 is 23.5 Å². The molecular weight excluding hydrogens is 370 g/mol. The van der Waals surface area contributed by atoms with Crippen LogP contribution in [0.25, 0.3) is 0 Å². The summed E-state index contributed by atoms with van der Waals surface area (Å²) in [5, 5.41) is 2.84. The third kappa shape index (κ3) is 4.50. The van der Waals surface area contributed by atoms with Gasteiger partial charge in [0, 0.05) is 30.5 Å². The van der Waals surface area contributed by atoms with E-state index in [1.54, 1.807) is 44.5 Å². The lowest BCUT2D eigenvalue weighted by Gasteiger charge is -2.28. The third-order valence-electron chi connectivity index (χ3n) is 5.15. The molecule has 2 aromatic rings. The first-order chi connectivity index (χ1) is 13.7. The van der Waals surface area contributed by atoms with Gasteiger partial charge in [-0.15, -0.1) is 0 Å². The fraction of sp³-hybridized carbons (Fsp3) is 0.409. The number of para-hydroxylation sites is 1. The minimum Gasteiger partial charge on any atom is -0.464 e. The number of nitrogens with zero attached hydrogens (tertiary/aromatic N) is 2. The van der Waals surface area contributed by atoms with Gasteiger partial charge in [0.15, 0.2) is 5.78 Å². The molecule has 1 atom stereocenters. The molecule has 0 aliphatic heterocycles. The van der Waals surface area contributed by atoms with E-state index in [0.29, 0.717) is 41.2 Å². The molecule has 0 aliphatic carbocycles. The second-order valence-corrected chi connectivity index (χ2v) is 7.01. The summed E-state index contributed by atoms with van der Waals surface area (Å²) in [6.45, 7) is 7.61. The summed E-state index contributed by atoms with van der Waals surface area (Å²) in [6.07, 6.45) is 0.708. The van der Waals surface area contributed by atoms with Gasteiger partial charge in [-0.05, 0) is 44.9 Å². The van der Waals surface area contributed by atoms with Gasteiger partial charge in [-0.2, -0.15) is 0 Å². The van der Waals surface area contributed by atoms with Crippen LogP contribution >= 0.6 is 0 Å². The van der Waals surface area contributed by atoms with Crippen LogP contribution in [0.5, 0.6) is 0 Å². The molecule has 0 aliphatic rings. The zero-order valence-corrected chi connectivity index (χ0v) is 17.9. The Labute approximate surface area is 171 Å². The Hall–Kier alpha value is -3.09. The van der Waals surface area contributed by atoms with E-state index in [9.17, 15) is 14.4 Å². The summed E-state index contributed by atoms with van der Waals surface area (Å²) in [7, 11) is 3.03. The van der Waals surface area contributed by atoms with Crippen molar-refractivity contribution in [2.24, 2.45) is 7.05 Å². The van der Waals surface area contributed by atoms with Crippen LogP contribution in [0.4, 0.5) is 10.5 Å². The summed E-state index contributed by atoms with van der Waals surface area (Å²) in [5.74, 6) is -0.700. The first-order valence-corrected chi connectivity index (χ1v) is 9.65. The van der Waals surface area contributed by atoms with E-state index >= 15 is 0 Å². The molecule has 7 nitrogen and oxygen atoms in total. The normalized spacial score (nSPS) is 11.7. The SMILES string of the molecule is CCCN(C(=O)Nc1ccccc1)[C@@H](C)C(=O)c1c(C)c(C(=O)OC)n(C)c1C. The highest BCUT2D eigenvalue weighted by atomic mass is 16.5. The van der Waals surface area contributed by atoms with E-state index in [-0.39, 0.29) is 11.8 Å². The van der Waals surface area contributed by atoms with Crippen LogP contribution in [0, 0.1) is 13.8 Å². The highest BCUT2D eigenvalue weighted by Crippen LogP contribution is 2.25. The number of rotatable bonds is 7. The number of hydrogen-bond acceptors (Lipinski definition) is 4. The number of hydrogen-bond donors (Lipinski definition) is 1. The molecule has 7 heteroatoms. The molecule has 1 aromatic carbocycles. The van der Waals surface area contributed by atoms with Gasteiger partial charge in [-0.1, -0.05) is 25.1 Å². The fourth-order valence-corrected chi connectivity index (χ4v) is 3.51. The number of esters is 1. The quantitative estimate of drug-likeness (QED) is 0.565. The molecule has 1 aromatic heterocycles. The van der Waals surface area contributed by atoms with Gasteiger partial charge in [-0.25, -0.2) is 9.59 Å². The second-order valence-electron chi connectivity index (χ2n) is 7.01. The van der Waals surface area contributed by atoms with Crippen molar-refractivity contribution in [2.45, 2.75) is 40.2 Å². The molecule has 1 N–H and O–H groups in total. The molecule has 0 unspecified atom stereocenters. The Morgan fingerprint density at radius 2 is 1.79 bits per heavy atom. The van der Waals surface area contributed by atoms with E-state index in [2.05, 4.69) is 5.32 Å². The second kappa shape index (κ2) is 9.41. The maximum atomic E-state index is 13.3. The lowest BCUT2D eigenvalue weighted by molar-refractivity contribution is 0.0588. The summed E-state index contributed by atoms with van der Waals surface area (Å²) in [4.78, 5) is 39.9. The molecule has 2 amide bonds. The smallest absolute Gasteiger partial charge is 0.354 e. The molecule has 2 rings (SSSR count). The Bertz CT molecular complexity index is 903. The van der Waals surface area contributed by atoms with Crippen LogP contribution in [0.15, 0.2) is 30.3 Å². The topological polar surface area (TPSA) is 80.6 Å². The summed E-state index contributed by atoms with van der Waals surface area (Å²) in [6, 6.07) is 8.09. The molecule has 156 valence electrons. The number of benzene rings is 1. The van der Waals surface area contributed by atoms with E-state index in [0.717, 1.165) is 0 Å². The Morgan fingerprint density at radius 3 is 2.34 bits per heavy atom. The number of ether oxygens (including phenoxy) is 1. The minimum absolute atomic E-state index is 0.206. The Balaban J connectivity index is 2.35. The predicted molar refractivity (Wildman–Crippen MR) is 112 cm³/mol. The van der Waals surface area contributed by atoms with Crippen molar-refractivity contribution in [3.63, 3.8) is 0 Å². The number of amides is 2. The van der Waals surface area contributed by atoms with Crippen LogP contribution in [0.1, 0.15) is 52.4 Å². The molecule has 29 heavy (non-hydrogen) atoms. The number of methoxy groups -OCH3 is 1. The zero-order chi connectivity index (χ0) is 21.7. The van der Waals surface area contributed by atoms with Gasteiger partial charge in [0.05, 0.1) is 13.2 Å². The number of nitrogens with one attached hydrogen (secondary N) is 1. The predicted octanol–water partition coefficient (Wildman–Crippen LogP) is 3.94. The average Bonchev–Trinajstić information content (AvgIpc) is 2.93. The Kier molecular flexibility index (Phi) is 7.20. The van der Waals surface area contributed by atoms with Gasteiger partial charge < -0.3 is 19.5 Å². The lowest BCUT2D eigenvalue weighted by atomic mass is 10.00. The zero-order valence-electron chi connectivity index (χ0n) is 17.9. The first-order valence-electron chi connectivity index (χ1n) is 9.65. The maximum Gasteiger partial charge on any atom is 0.354 e. The van der Waals surface area contributed by atoms with Gasteiger partial charge in [0.1, 0.15) is 5.69 Å². The van der Waals surface area contributed by atoms with Crippen LogP contribution < -0.4 is 5.32 Å². The molecule has 0 fully saturated rings. The number of urea groups is 1. The van der Waals surface area contributed by atoms with Crippen LogP contribution in [0.2, 0.25) is 0 Å². The van der Waals surface area contributed by atoms with Crippen LogP contribution in [0.3, 0.4) is 0 Å². The molecule has 0 spiro atoms. The van der Waals surface area contributed by atoms with Crippen molar-refractivity contribution in [3.05, 3.63) is 52.8 Å². The van der Waals surface area contributed by atoms with Crippen molar-refractivity contribution in [1.29, 1.82) is 0 Å². The van der Waals surface area contributed by atoms with Crippen molar-refractivity contribution in [3.8, 4) is 0 Å². The minimum atomic E-state index is -0.691. The molecular formula is C22H29N3O4. The highest BCUT2D eigenvalue weighted by molar-refractivity contribution is 6.07. The Morgan fingerprint density at radius 1 is 1.17 bits per heavy atom. The van der Waals surface area contributed by atoms with Crippen LogP contribution in [-0.2, 0) is 11.8 Å². The van der Waals surface area contributed by atoms with E-state index in [1.165, 1.54) is 12.0 Å². The summed E-state index contributed by atoms with van der Waals surface area (Å²) >= 11 is 0. The first kappa shape index (κ1) is 22.2. The van der Waals surface area contributed by atoms with Gasteiger partial charge in [0.2, 0.25) is 0 Å². The molecule has 0 bridgehead atoms. The number of aromatic nitrogens is 1. The van der Waals surface area contributed by atoms with Crippen LogP contribution in [-0.4, -0.2) is 46.9 Å². The largest absolute Gasteiger partial charge is 0.464 e. The number of carbonyl (C=O) groups is 3. The molecule has 0 radical (unpaired) electrons. The standard InChI is InChI=1S/C22H29N3O4/c1-7-13-25(22(28)23-17-11-9-8-10-12-17)16(4)20(26)18-14(2)19(21(27)29-6)24(5)15(18)3/h8-12,16H,7,13H2,1-6H3,(H,23,28)/t16-/m0/s1. The van der Waals surface area contributed by atoms with Crippen molar-refractivity contribution in [2.75, 3.05) is 19.0 Å². The van der Waals surface area contributed by atoms with Crippen molar-refractivity contribution in [1.82, 2.24) is 9.47 Å².